The van der Waals surface area contributed by atoms with Crippen LogP contribution in [0.2, 0.25) is 0 Å². The summed E-state index contributed by atoms with van der Waals surface area (Å²) in [6.45, 7) is 3.94. The number of pyridine rings is 1. The molecule has 0 saturated heterocycles. The van der Waals surface area contributed by atoms with Gasteiger partial charge in [-0.25, -0.2) is 9.97 Å². The van der Waals surface area contributed by atoms with Crippen molar-refractivity contribution >= 4 is 30.1 Å². The molecular weight excluding hydrogens is 397 g/mol. The molecule has 156 valence electrons. The second kappa shape index (κ2) is 8.13. The van der Waals surface area contributed by atoms with Gasteiger partial charge in [-0.05, 0) is 37.0 Å². The van der Waals surface area contributed by atoms with Crippen molar-refractivity contribution in [2.24, 2.45) is 5.73 Å². The number of hydrogen-bond acceptors (Lipinski definition) is 8. The third kappa shape index (κ3) is 4.09. The highest BCUT2D eigenvalue weighted by atomic mass is 16.4. The highest BCUT2D eigenvalue weighted by molar-refractivity contribution is 6.58. The smallest absolute Gasteiger partial charge is 0.423 e. The van der Waals surface area contributed by atoms with Crippen molar-refractivity contribution in [3.63, 3.8) is 0 Å². The number of aromatic nitrogens is 5. The maximum absolute atomic E-state index is 11.8. The minimum Gasteiger partial charge on any atom is -0.423 e. The Morgan fingerprint density at radius 3 is 2.68 bits per heavy atom. The number of nitrogens with zero attached hydrogens (tertiary/aromatic N) is 5. The molecule has 11 heteroatoms. The molecule has 0 saturated carbocycles. The van der Waals surface area contributed by atoms with Crippen molar-refractivity contribution in [3.05, 3.63) is 65.2 Å². The maximum atomic E-state index is 11.8. The number of anilines is 1. The highest BCUT2D eigenvalue weighted by Gasteiger charge is 2.19. The van der Waals surface area contributed by atoms with Crippen LogP contribution >= 0.6 is 0 Å². The molecule has 0 unspecified atom stereocenters. The van der Waals surface area contributed by atoms with Crippen LogP contribution in [0.4, 0.5) is 5.95 Å². The SMILES string of the molecule is Cc1nc(NCc2cccc(B(O)O)c2)nc(-c2c(C)nc3c(C(N)=O)cccn23)n1. The molecule has 4 aromatic rings. The van der Waals surface area contributed by atoms with Crippen LogP contribution in [0, 0.1) is 13.8 Å². The summed E-state index contributed by atoms with van der Waals surface area (Å²) >= 11 is 0. The summed E-state index contributed by atoms with van der Waals surface area (Å²) in [5.41, 5.74) is 8.75. The lowest BCUT2D eigenvalue weighted by atomic mass is 9.80. The van der Waals surface area contributed by atoms with Crippen LogP contribution in [0.3, 0.4) is 0 Å². The van der Waals surface area contributed by atoms with Gasteiger partial charge in [0.05, 0.1) is 11.3 Å². The van der Waals surface area contributed by atoms with Gasteiger partial charge in [-0.2, -0.15) is 9.97 Å². The van der Waals surface area contributed by atoms with Crippen LogP contribution in [0.1, 0.15) is 27.4 Å². The van der Waals surface area contributed by atoms with E-state index in [-0.39, 0.29) is 0 Å². The van der Waals surface area contributed by atoms with Crippen molar-refractivity contribution in [3.8, 4) is 11.5 Å². The number of carbonyl (C=O) groups excluding carboxylic acids is 1. The average Bonchev–Trinajstić information content (AvgIpc) is 3.07. The fraction of sp³-hybridized carbons (Fsp3) is 0.150. The predicted octanol–water partition coefficient (Wildman–Crippen LogP) is 0.194. The van der Waals surface area contributed by atoms with Gasteiger partial charge in [0.2, 0.25) is 5.95 Å². The second-order valence-electron chi connectivity index (χ2n) is 7.03. The molecule has 5 N–H and O–H groups in total. The number of carbonyl (C=O) groups is 1. The van der Waals surface area contributed by atoms with Gasteiger partial charge in [-0.3, -0.25) is 9.20 Å². The Bertz CT molecular complexity index is 1290. The molecule has 31 heavy (non-hydrogen) atoms. The Hall–Kier alpha value is -3.83. The number of benzene rings is 1. The maximum Gasteiger partial charge on any atom is 0.488 e. The first-order chi connectivity index (χ1) is 14.8. The van der Waals surface area contributed by atoms with Crippen LogP contribution in [0.25, 0.3) is 17.2 Å². The molecule has 4 rings (SSSR count). The first-order valence-corrected chi connectivity index (χ1v) is 9.53. The van der Waals surface area contributed by atoms with E-state index >= 15 is 0 Å². The third-order valence-corrected chi connectivity index (χ3v) is 4.75. The summed E-state index contributed by atoms with van der Waals surface area (Å²) in [5, 5.41) is 21.8. The van der Waals surface area contributed by atoms with Gasteiger partial charge < -0.3 is 21.1 Å². The van der Waals surface area contributed by atoms with Crippen molar-refractivity contribution < 1.29 is 14.8 Å². The number of rotatable bonds is 6. The van der Waals surface area contributed by atoms with Crippen molar-refractivity contribution in [2.75, 3.05) is 5.32 Å². The zero-order valence-corrected chi connectivity index (χ0v) is 16.9. The fourth-order valence-corrected chi connectivity index (χ4v) is 3.35. The molecule has 0 radical (unpaired) electrons. The van der Waals surface area contributed by atoms with E-state index in [0.29, 0.717) is 52.2 Å². The Labute approximate surface area is 178 Å². The molecule has 0 fully saturated rings. The zero-order chi connectivity index (χ0) is 22.1. The topological polar surface area (TPSA) is 152 Å². The van der Waals surface area contributed by atoms with Gasteiger partial charge >= 0.3 is 7.12 Å². The second-order valence-corrected chi connectivity index (χ2v) is 7.03. The first-order valence-electron chi connectivity index (χ1n) is 9.53. The van der Waals surface area contributed by atoms with Crippen LogP contribution in [0.5, 0.6) is 0 Å². The van der Waals surface area contributed by atoms with E-state index in [9.17, 15) is 14.8 Å². The van der Waals surface area contributed by atoms with Crippen LogP contribution in [0.15, 0.2) is 42.6 Å². The summed E-state index contributed by atoms with van der Waals surface area (Å²) < 4.78 is 1.74. The summed E-state index contributed by atoms with van der Waals surface area (Å²) in [7, 11) is -1.53. The van der Waals surface area contributed by atoms with Crippen molar-refractivity contribution in [2.45, 2.75) is 20.4 Å². The molecule has 0 aliphatic rings. The molecule has 0 aliphatic heterocycles. The number of hydrogen-bond donors (Lipinski definition) is 4. The highest BCUT2D eigenvalue weighted by Crippen LogP contribution is 2.24. The summed E-state index contributed by atoms with van der Waals surface area (Å²) in [6.07, 6.45) is 1.77. The zero-order valence-electron chi connectivity index (χ0n) is 16.9. The molecule has 3 aromatic heterocycles. The Kier molecular flexibility index (Phi) is 5.36. The molecule has 0 spiro atoms. The normalized spacial score (nSPS) is 11.0. The molecule has 0 aliphatic carbocycles. The fourth-order valence-electron chi connectivity index (χ4n) is 3.35. The van der Waals surface area contributed by atoms with Gasteiger partial charge in [0, 0.05) is 12.7 Å². The van der Waals surface area contributed by atoms with Gasteiger partial charge in [0.1, 0.15) is 17.2 Å². The predicted molar refractivity (Wildman–Crippen MR) is 116 cm³/mol. The molecule has 3 heterocycles. The molecule has 10 nitrogen and oxygen atoms in total. The van der Waals surface area contributed by atoms with E-state index in [1.165, 1.54) is 0 Å². The van der Waals surface area contributed by atoms with Crippen LogP contribution in [-0.2, 0) is 6.54 Å². The molecule has 1 aromatic carbocycles. The molecule has 0 atom stereocenters. The number of fused-ring (bicyclic) bond motifs is 1. The summed E-state index contributed by atoms with van der Waals surface area (Å²) in [6, 6.07) is 10.3. The minimum atomic E-state index is -1.53. The lowest BCUT2D eigenvalue weighted by Gasteiger charge is -2.09. The van der Waals surface area contributed by atoms with Crippen LogP contribution < -0.4 is 16.5 Å². The van der Waals surface area contributed by atoms with Gasteiger partial charge in [0.25, 0.3) is 5.91 Å². The monoisotopic (exact) mass is 417 g/mol. The number of nitrogens with one attached hydrogen (secondary N) is 1. The Morgan fingerprint density at radius 1 is 1.13 bits per heavy atom. The van der Waals surface area contributed by atoms with Crippen LogP contribution in [-0.4, -0.2) is 47.4 Å². The summed E-state index contributed by atoms with van der Waals surface area (Å²) in [4.78, 5) is 29.5. The van der Waals surface area contributed by atoms with E-state index in [1.54, 1.807) is 47.9 Å². The lowest BCUT2D eigenvalue weighted by molar-refractivity contribution is 0.100. The minimum absolute atomic E-state index is 0.312. The number of imidazole rings is 1. The largest absolute Gasteiger partial charge is 0.488 e. The Morgan fingerprint density at radius 2 is 1.94 bits per heavy atom. The Balaban J connectivity index is 1.69. The van der Waals surface area contributed by atoms with Gasteiger partial charge in [-0.15, -0.1) is 0 Å². The van der Waals surface area contributed by atoms with E-state index in [2.05, 4.69) is 25.3 Å². The van der Waals surface area contributed by atoms with E-state index in [4.69, 9.17) is 5.73 Å². The molecule has 0 bridgehead atoms. The number of aryl methyl sites for hydroxylation is 2. The quantitative estimate of drug-likeness (QED) is 0.325. The average molecular weight is 417 g/mol. The van der Waals surface area contributed by atoms with E-state index in [0.717, 1.165) is 5.56 Å². The third-order valence-electron chi connectivity index (χ3n) is 4.75. The van der Waals surface area contributed by atoms with Crippen molar-refractivity contribution in [1.29, 1.82) is 0 Å². The van der Waals surface area contributed by atoms with Crippen molar-refractivity contribution in [1.82, 2.24) is 24.3 Å². The number of nitrogens with two attached hydrogens (primary N) is 1. The first kappa shape index (κ1) is 20.4. The van der Waals surface area contributed by atoms with Gasteiger partial charge in [-0.1, -0.05) is 24.3 Å². The lowest BCUT2D eigenvalue weighted by Crippen LogP contribution is -2.30. The summed E-state index contributed by atoms with van der Waals surface area (Å²) in [5.74, 6) is 0.706. The standard InChI is InChI=1S/C20H20BN7O3/c1-11-16(28-8-4-7-15(17(22)29)19(28)24-11)18-25-12(2)26-20(27-18)23-10-13-5-3-6-14(9-13)21(30)31/h3-9,30-31H,10H2,1-2H3,(H2,22,29)(H,23,25,26,27). The van der Waals surface area contributed by atoms with E-state index < -0.39 is 13.0 Å². The van der Waals surface area contributed by atoms with E-state index in [1.807, 2.05) is 13.0 Å². The number of primary amides is 1. The van der Waals surface area contributed by atoms with Gasteiger partial charge in [0.15, 0.2) is 5.82 Å². The number of amides is 1. The molecule has 1 amide bonds. The molecular formula is C20H20BN7O3.